The third-order valence-electron chi connectivity index (χ3n) is 5.89. The van der Waals surface area contributed by atoms with Gasteiger partial charge in [0.15, 0.2) is 5.82 Å². The molecule has 2 aromatic heterocycles. The fourth-order valence-corrected chi connectivity index (χ4v) is 4.38. The molecule has 12 nitrogen and oxygen atoms in total. The maximum Gasteiger partial charge on any atom is 0.365 e. The topological polar surface area (TPSA) is 157 Å². The molecule has 198 valence electrons. The summed E-state index contributed by atoms with van der Waals surface area (Å²) in [6.07, 6.45) is 0.269. The van der Waals surface area contributed by atoms with Crippen LogP contribution >= 0.6 is 15.9 Å². The number of halogens is 1. The van der Waals surface area contributed by atoms with Crippen molar-refractivity contribution < 1.29 is 14.0 Å². The Labute approximate surface area is 225 Å². The van der Waals surface area contributed by atoms with Crippen molar-refractivity contribution in [1.29, 1.82) is 0 Å². The first-order valence-electron chi connectivity index (χ1n) is 11.8. The van der Waals surface area contributed by atoms with Gasteiger partial charge in [-0.3, -0.25) is 20.4 Å². The van der Waals surface area contributed by atoms with Crippen LogP contribution in [-0.4, -0.2) is 39.4 Å². The summed E-state index contributed by atoms with van der Waals surface area (Å²) in [4.78, 5) is 51.9. The van der Waals surface area contributed by atoms with E-state index in [9.17, 15) is 19.2 Å². The van der Waals surface area contributed by atoms with Crippen molar-refractivity contribution in [2.24, 2.45) is 0 Å². The van der Waals surface area contributed by atoms with Crippen LogP contribution in [0.4, 0.5) is 5.69 Å². The third kappa shape index (κ3) is 5.78. The van der Waals surface area contributed by atoms with E-state index < -0.39 is 29.7 Å². The Morgan fingerprint density at radius 1 is 1.08 bits per heavy atom. The second-order valence-corrected chi connectivity index (χ2v) is 9.29. The first-order chi connectivity index (χ1) is 18.2. The molecule has 0 radical (unpaired) electrons. The molecule has 0 saturated heterocycles. The Kier molecular flexibility index (Phi) is 7.96. The molecule has 2 aromatic carbocycles. The first-order valence-corrected chi connectivity index (χ1v) is 12.6. The van der Waals surface area contributed by atoms with Gasteiger partial charge in [-0.15, -0.1) is 0 Å². The fraction of sp³-hybridized carbons (Fsp3) is 0.240. The Hall–Kier alpha value is -4.39. The van der Waals surface area contributed by atoms with Crippen LogP contribution in [0, 0.1) is 0 Å². The van der Waals surface area contributed by atoms with Crippen LogP contribution < -0.4 is 32.9 Å². The van der Waals surface area contributed by atoms with Gasteiger partial charge in [0.05, 0.1) is 0 Å². The number of hydrazine groups is 1. The molecular formula is C25H26BrN7O5. The summed E-state index contributed by atoms with van der Waals surface area (Å²) in [7, 11) is 0. The van der Waals surface area contributed by atoms with Crippen molar-refractivity contribution in [2.75, 3.05) is 23.8 Å². The SMILES string of the molecule is CCN(CC)c1ccc2cc(C(=O)NNC(=O)Cn3nc(Cc4cccc(Br)c4)n(N)c3=O)c(=O)oc2c1. The molecule has 4 rings (SSSR count). The van der Waals surface area contributed by atoms with Crippen LogP contribution in [-0.2, 0) is 17.8 Å². The number of nitrogens with one attached hydrogen (secondary N) is 2. The summed E-state index contributed by atoms with van der Waals surface area (Å²) in [5, 5.41) is 4.68. The maximum absolute atomic E-state index is 12.6. The molecule has 38 heavy (non-hydrogen) atoms. The van der Waals surface area contributed by atoms with E-state index in [1.807, 2.05) is 44.2 Å². The van der Waals surface area contributed by atoms with Gasteiger partial charge in [-0.05, 0) is 49.7 Å². The van der Waals surface area contributed by atoms with E-state index >= 15 is 0 Å². The van der Waals surface area contributed by atoms with E-state index in [1.54, 1.807) is 12.1 Å². The predicted molar refractivity (Wildman–Crippen MR) is 145 cm³/mol. The van der Waals surface area contributed by atoms with E-state index in [2.05, 4.69) is 36.8 Å². The Balaban J connectivity index is 1.42. The number of hydrogen-bond acceptors (Lipinski definition) is 8. The molecule has 0 aliphatic rings. The lowest BCUT2D eigenvalue weighted by Crippen LogP contribution is -2.45. The average molecular weight is 584 g/mol. The van der Waals surface area contributed by atoms with Gasteiger partial charge in [0, 0.05) is 41.1 Å². The number of rotatable bonds is 8. The van der Waals surface area contributed by atoms with Gasteiger partial charge in [0.1, 0.15) is 17.7 Å². The van der Waals surface area contributed by atoms with Gasteiger partial charge in [-0.25, -0.2) is 14.3 Å². The summed E-state index contributed by atoms with van der Waals surface area (Å²) in [6, 6.07) is 14.2. The van der Waals surface area contributed by atoms with Crippen LogP contribution in [0.25, 0.3) is 11.0 Å². The molecule has 0 spiro atoms. The van der Waals surface area contributed by atoms with Gasteiger partial charge in [-0.1, -0.05) is 28.1 Å². The number of aromatic nitrogens is 3. The van der Waals surface area contributed by atoms with Crippen molar-refractivity contribution in [3.8, 4) is 0 Å². The highest BCUT2D eigenvalue weighted by atomic mass is 79.9. The van der Waals surface area contributed by atoms with E-state index in [-0.39, 0.29) is 17.8 Å². The summed E-state index contributed by atoms with van der Waals surface area (Å²) in [5.74, 6) is 4.46. The summed E-state index contributed by atoms with van der Waals surface area (Å²) in [6.45, 7) is 5.11. The summed E-state index contributed by atoms with van der Waals surface area (Å²) < 4.78 is 7.96. The van der Waals surface area contributed by atoms with E-state index in [1.165, 1.54) is 6.07 Å². The molecule has 0 aliphatic carbocycles. The fourth-order valence-electron chi connectivity index (χ4n) is 3.93. The van der Waals surface area contributed by atoms with Crippen molar-refractivity contribution in [3.63, 3.8) is 0 Å². The molecule has 13 heteroatoms. The number of carbonyl (C=O) groups excluding carboxylic acids is 2. The van der Waals surface area contributed by atoms with Crippen LogP contribution in [0.15, 0.2) is 67.0 Å². The number of amides is 2. The lowest BCUT2D eigenvalue weighted by Gasteiger charge is -2.21. The molecule has 0 aliphatic heterocycles. The number of anilines is 1. The number of benzene rings is 2. The zero-order chi connectivity index (χ0) is 27.4. The van der Waals surface area contributed by atoms with Crippen molar-refractivity contribution in [2.45, 2.75) is 26.8 Å². The number of hydrogen-bond donors (Lipinski definition) is 3. The summed E-state index contributed by atoms with van der Waals surface area (Å²) in [5.41, 5.74) is 4.60. The number of fused-ring (bicyclic) bond motifs is 1. The number of nitrogens with two attached hydrogens (primary N) is 1. The Morgan fingerprint density at radius 2 is 1.84 bits per heavy atom. The molecule has 0 bridgehead atoms. The molecule has 4 N–H and O–H groups in total. The van der Waals surface area contributed by atoms with Crippen molar-refractivity contribution in [1.82, 2.24) is 25.3 Å². The Morgan fingerprint density at radius 3 is 2.55 bits per heavy atom. The molecule has 0 fully saturated rings. The average Bonchev–Trinajstić information content (AvgIpc) is 3.15. The first kappa shape index (κ1) is 26.7. The molecule has 0 unspecified atom stereocenters. The minimum Gasteiger partial charge on any atom is -0.422 e. The van der Waals surface area contributed by atoms with Gasteiger partial charge < -0.3 is 15.2 Å². The smallest absolute Gasteiger partial charge is 0.365 e. The number of nitrogens with zero attached hydrogens (tertiary/aromatic N) is 4. The molecule has 0 saturated carbocycles. The van der Waals surface area contributed by atoms with Gasteiger partial charge in [0.2, 0.25) is 0 Å². The quantitative estimate of drug-likeness (QED) is 0.160. The highest BCUT2D eigenvalue weighted by molar-refractivity contribution is 9.10. The molecule has 2 heterocycles. The Bertz CT molecular complexity index is 1620. The predicted octanol–water partition coefficient (Wildman–Crippen LogP) is 1.53. The lowest BCUT2D eigenvalue weighted by atomic mass is 10.1. The van der Waals surface area contributed by atoms with Gasteiger partial charge >= 0.3 is 11.3 Å². The van der Waals surface area contributed by atoms with Crippen molar-refractivity contribution >= 4 is 44.4 Å². The van der Waals surface area contributed by atoms with Gasteiger partial charge in [0.25, 0.3) is 11.8 Å². The van der Waals surface area contributed by atoms with Crippen LogP contribution in [0.3, 0.4) is 0 Å². The van der Waals surface area contributed by atoms with Crippen LogP contribution in [0.5, 0.6) is 0 Å². The zero-order valence-corrected chi connectivity index (χ0v) is 22.3. The minimum absolute atomic E-state index is 0.253. The largest absolute Gasteiger partial charge is 0.422 e. The molecule has 2 amide bonds. The van der Waals surface area contributed by atoms with Crippen molar-refractivity contribution in [3.05, 3.63) is 90.9 Å². The molecule has 0 atom stereocenters. The zero-order valence-electron chi connectivity index (χ0n) is 20.7. The van der Waals surface area contributed by atoms with E-state index in [0.717, 1.165) is 38.2 Å². The van der Waals surface area contributed by atoms with Crippen LogP contribution in [0.1, 0.15) is 35.6 Å². The highest BCUT2D eigenvalue weighted by Gasteiger charge is 2.18. The highest BCUT2D eigenvalue weighted by Crippen LogP contribution is 2.22. The molecule has 4 aromatic rings. The lowest BCUT2D eigenvalue weighted by molar-refractivity contribution is -0.122. The minimum atomic E-state index is -0.867. The van der Waals surface area contributed by atoms with Gasteiger partial charge in [-0.2, -0.15) is 9.77 Å². The summed E-state index contributed by atoms with van der Waals surface area (Å²) >= 11 is 3.38. The van der Waals surface area contributed by atoms with Crippen LogP contribution in [0.2, 0.25) is 0 Å². The monoisotopic (exact) mass is 583 g/mol. The number of nitrogen functional groups attached to an aromatic ring is 1. The van der Waals surface area contributed by atoms with E-state index in [4.69, 9.17) is 10.3 Å². The normalized spacial score (nSPS) is 10.9. The molecular weight excluding hydrogens is 558 g/mol. The standard InChI is InChI=1S/C25H26BrN7O5/c1-3-31(4-2)18-9-8-16-12-19(24(36)38-20(16)13-18)23(35)29-28-22(34)14-32-25(37)33(27)21(30-32)11-15-6-5-7-17(26)10-15/h5-10,12-13H,3-4,11,14,27H2,1-2H3,(H,28,34)(H,29,35). The van der Waals surface area contributed by atoms with E-state index in [0.29, 0.717) is 11.0 Å². The second kappa shape index (κ2) is 11.3. The number of carbonyl (C=O) groups is 2. The third-order valence-corrected chi connectivity index (χ3v) is 6.39. The second-order valence-electron chi connectivity index (χ2n) is 8.38. The maximum atomic E-state index is 12.6.